The summed E-state index contributed by atoms with van der Waals surface area (Å²) < 4.78 is 5.10. The number of benzene rings is 1. The van der Waals surface area contributed by atoms with Gasteiger partial charge in [-0.1, -0.05) is 25.9 Å². The monoisotopic (exact) mass is 265 g/mol. The second-order valence-corrected chi connectivity index (χ2v) is 5.09. The Morgan fingerprint density at radius 1 is 1.26 bits per heavy atom. The van der Waals surface area contributed by atoms with Gasteiger partial charge in [-0.2, -0.15) is 0 Å². The second kappa shape index (κ2) is 6.22. The lowest BCUT2D eigenvalue weighted by atomic mass is 9.86. The summed E-state index contributed by atoms with van der Waals surface area (Å²) in [4.78, 5) is 15.3. The van der Waals surface area contributed by atoms with E-state index < -0.39 is 12.6 Å². The SMILES string of the molecule is COc1ccc(C(=NOCC(=O)O)C(C)(C)C)cc1. The molecule has 19 heavy (non-hydrogen) atoms. The number of rotatable bonds is 5. The molecule has 0 spiro atoms. The first-order valence-corrected chi connectivity index (χ1v) is 5.91. The molecule has 1 aromatic rings. The van der Waals surface area contributed by atoms with Gasteiger partial charge in [0.1, 0.15) is 5.75 Å². The molecule has 0 aliphatic heterocycles. The summed E-state index contributed by atoms with van der Waals surface area (Å²) in [6, 6.07) is 7.39. The van der Waals surface area contributed by atoms with Crippen molar-refractivity contribution in [2.75, 3.05) is 13.7 Å². The average molecular weight is 265 g/mol. The number of oxime groups is 1. The third-order valence-electron chi connectivity index (χ3n) is 2.42. The van der Waals surface area contributed by atoms with Crippen LogP contribution in [0.15, 0.2) is 29.4 Å². The van der Waals surface area contributed by atoms with Crippen molar-refractivity contribution in [1.29, 1.82) is 0 Å². The van der Waals surface area contributed by atoms with E-state index in [9.17, 15) is 4.79 Å². The minimum atomic E-state index is -1.05. The lowest BCUT2D eigenvalue weighted by Gasteiger charge is -2.21. The third kappa shape index (κ3) is 4.62. The Kier molecular flexibility index (Phi) is 4.92. The smallest absolute Gasteiger partial charge is 0.344 e. The van der Waals surface area contributed by atoms with Crippen molar-refractivity contribution < 1.29 is 19.5 Å². The first kappa shape index (κ1) is 15.0. The maximum atomic E-state index is 10.4. The van der Waals surface area contributed by atoms with Crippen LogP contribution in [0.5, 0.6) is 5.75 Å². The van der Waals surface area contributed by atoms with Gasteiger partial charge in [0, 0.05) is 11.0 Å². The van der Waals surface area contributed by atoms with Gasteiger partial charge in [0.15, 0.2) is 0 Å². The highest BCUT2D eigenvalue weighted by atomic mass is 16.6. The third-order valence-corrected chi connectivity index (χ3v) is 2.42. The topological polar surface area (TPSA) is 68.1 Å². The molecule has 0 bridgehead atoms. The van der Waals surface area contributed by atoms with Crippen LogP contribution in [-0.4, -0.2) is 30.5 Å². The van der Waals surface area contributed by atoms with E-state index in [1.54, 1.807) is 7.11 Å². The molecule has 0 aromatic heterocycles. The predicted molar refractivity (Wildman–Crippen MR) is 72.6 cm³/mol. The Bertz CT molecular complexity index is 457. The lowest BCUT2D eigenvalue weighted by molar-refractivity contribution is -0.142. The summed E-state index contributed by atoms with van der Waals surface area (Å²) in [6.07, 6.45) is 0. The zero-order valence-corrected chi connectivity index (χ0v) is 11.6. The van der Waals surface area contributed by atoms with Gasteiger partial charge in [0.05, 0.1) is 12.8 Å². The van der Waals surface area contributed by atoms with E-state index >= 15 is 0 Å². The quantitative estimate of drug-likeness (QED) is 0.656. The summed E-state index contributed by atoms with van der Waals surface area (Å²) in [5.41, 5.74) is 1.31. The fraction of sp³-hybridized carbons (Fsp3) is 0.429. The summed E-state index contributed by atoms with van der Waals surface area (Å²) in [5, 5.41) is 12.5. The summed E-state index contributed by atoms with van der Waals surface area (Å²) in [6.45, 7) is 5.51. The number of hydrogen-bond acceptors (Lipinski definition) is 4. The van der Waals surface area contributed by atoms with Crippen molar-refractivity contribution in [3.63, 3.8) is 0 Å². The van der Waals surface area contributed by atoms with E-state index in [4.69, 9.17) is 14.7 Å². The van der Waals surface area contributed by atoms with Crippen molar-refractivity contribution in [3.8, 4) is 5.75 Å². The van der Waals surface area contributed by atoms with Gasteiger partial charge in [-0.15, -0.1) is 0 Å². The Morgan fingerprint density at radius 2 is 1.84 bits per heavy atom. The highest BCUT2D eigenvalue weighted by molar-refractivity contribution is 6.03. The van der Waals surface area contributed by atoms with Crippen LogP contribution >= 0.6 is 0 Å². The number of carboxylic acids is 1. The van der Waals surface area contributed by atoms with E-state index in [0.29, 0.717) is 5.71 Å². The summed E-state index contributed by atoms with van der Waals surface area (Å²) >= 11 is 0. The molecule has 0 aliphatic carbocycles. The van der Waals surface area contributed by atoms with Crippen LogP contribution in [-0.2, 0) is 9.63 Å². The van der Waals surface area contributed by atoms with Crippen LogP contribution in [0.25, 0.3) is 0 Å². The standard InChI is InChI=1S/C14H19NO4/c1-14(2,3)13(15-19-9-12(16)17)10-5-7-11(18-4)8-6-10/h5-8H,9H2,1-4H3,(H,16,17). The minimum absolute atomic E-state index is 0.257. The number of ether oxygens (including phenoxy) is 1. The zero-order chi connectivity index (χ0) is 14.5. The number of aliphatic carboxylic acids is 1. The minimum Gasteiger partial charge on any atom is -0.497 e. The number of nitrogens with zero attached hydrogens (tertiary/aromatic N) is 1. The summed E-state index contributed by atoms with van der Waals surface area (Å²) in [5.74, 6) is -0.296. The molecule has 0 saturated heterocycles. The molecule has 0 unspecified atom stereocenters. The van der Waals surface area contributed by atoms with Gasteiger partial charge in [-0.25, -0.2) is 4.79 Å². The fourth-order valence-electron chi connectivity index (χ4n) is 1.52. The van der Waals surface area contributed by atoms with Crippen LogP contribution in [0.1, 0.15) is 26.3 Å². The van der Waals surface area contributed by atoms with Gasteiger partial charge in [0.25, 0.3) is 0 Å². The maximum Gasteiger partial charge on any atom is 0.344 e. The molecule has 0 saturated carbocycles. The fourth-order valence-corrected chi connectivity index (χ4v) is 1.52. The molecule has 0 atom stereocenters. The maximum absolute atomic E-state index is 10.4. The number of carboxylic acid groups (broad SMARTS) is 1. The first-order chi connectivity index (χ1) is 8.84. The predicted octanol–water partition coefficient (Wildman–Crippen LogP) is 2.55. The van der Waals surface area contributed by atoms with Gasteiger partial charge < -0.3 is 14.7 Å². The number of methoxy groups -OCH3 is 1. The molecule has 5 heteroatoms. The Morgan fingerprint density at radius 3 is 2.26 bits per heavy atom. The molecule has 0 aliphatic rings. The van der Waals surface area contributed by atoms with Crippen molar-refractivity contribution in [2.45, 2.75) is 20.8 Å². The van der Waals surface area contributed by atoms with E-state index in [1.807, 2.05) is 45.0 Å². The first-order valence-electron chi connectivity index (χ1n) is 5.91. The molecular formula is C14H19NO4. The zero-order valence-electron chi connectivity index (χ0n) is 11.6. The molecule has 0 fully saturated rings. The molecular weight excluding hydrogens is 246 g/mol. The average Bonchev–Trinajstić information content (AvgIpc) is 2.33. The van der Waals surface area contributed by atoms with Crippen LogP contribution in [0.3, 0.4) is 0 Å². The Labute approximate surface area is 112 Å². The van der Waals surface area contributed by atoms with Gasteiger partial charge >= 0.3 is 5.97 Å². The van der Waals surface area contributed by atoms with Crippen molar-refractivity contribution >= 4 is 11.7 Å². The van der Waals surface area contributed by atoms with E-state index in [2.05, 4.69) is 5.16 Å². The molecule has 0 heterocycles. The molecule has 1 N–H and O–H groups in total. The molecule has 1 aromatic carbocycles. The van der Waals surface area contributed by atoms with Crippen LogP contribution in [0.4, 0.5) is 0 Å². The second-order valence-electron chi connectivity index (χ2n) is 5.09. The summed E-state index contributed by atoms with van der Waals surface area (Å²) in [7, 11) is 1.60. The lowest BCUT2D eigenvalue weighted by Crippen LogP contribution is -2.22. The Hall–Kier alpha value is -2.04. The van der Waals surface area contributed by atoms with E-state index in [-0.39, 0.29) is 5.41 Å². The van der Waals surface area contributed by atoms with E-state index in [1.165, 1.54) is 0 Å². The van der Waals surface area contributed by atoms with Crippen molar-refractivity contribution in [3.05, 3.63) is 29.8 Å². The largest absolute Gasteiger partial charge is 0.497 e. The van der Waals surface area contributed by atoms with E-state index in [0.717, 1.165) is 11.3 Å². The molecule has 0 radical (unpaired) electrons. The van der Waals surface area contributed by atoms with Crippen molar-refractivity contribution in [1.82, 2.24) is 0 Å². The number of hydrogen-bond donors (Lipinski definition) is 1. The molecule has 104 valence electrons. The number of carbonyl (C=O) groups is 1. The van der Waals surface area contributed by atoms with Gasteiger partial charge in [0.2, 0.25) is 6.61 Å². The van der Waals surface area contributed by atoms with Gasteiger partial charge in [-0.05, 0) is 24.3 Å². The van der Waals surface area contributed by atoms with Crippen molar-refractivity contribution in [2.24, 2.45) is 10.6 Å². The van der Waals surface area contributed by atoms with Crippen LogP contribution in [0, 0.1) is 5.41 Å². The molecule has 5 nitrogen and oxygen atoms in total. The molecule has 1 rings (SSSR count). The highest BCUT2D eigenvalue weighted by Crippen LogP contribution is 2.23. The molecule has 0 amide bonds. The normalized spacial score (nSPS) is 12.1. The van der Waals surface area contributed by atoms with Crippen LogP contribution < -0.4 is 4.74 Å². The van der Waals surface area contributed by atoms with Gasteiger partial charge in [-0.3, -0.25) is 0 Å². The Balaban J connectivity index is 2.99. The highest BCUT2D eigenvalue weighted by Gasteiger charge is 2.22. The van der Waals surface area contributed by atoms with Crippen LogP contribution in [0.2, 0.25) is 0 Å².